The van der Waals surface area contributed by atoms with Crippen molar-refractivity contribution in [2.75, 3.05) is 6.54 Å². The van der Waals surface area contributed by atoms with E-state index < -0.39 is 34.3 Å². The van der Waals surface area contributed by atoms with Crippen LogP contribution < -0.4 is 0 Å². The van der Waals surface area contributed by atoms with E-state index in [-0.39, 0.29) is 24.9 Å². The first-order chi connectivity index (χ1) is 12.9. The van der Waals surface area contributed by atoms with E-state index in [4.69, 9.17) is 11.6 Å². The predicted octanol–water partition coefficient (Wildman–Crippen LogP) is 2.74. The third-order valence-electron chi connectivity index (χ3n) is 6.14. The van der Waals surface area contributed by atoms with Gasteiger partial charge in [-0.15, -0.1) is 0 Å². The molecule has 5 rings (SSSR count). The first-order valence-electron chi connectivity index (χ1n) is 9.07. The molecule has 2 unspecified atom stereocenters. The van der Waals surface area contributed by atoms with Gasteiger partial charge in [-0.2, -0.15) is 13.2 Å². The maximum Gasteiger partial charge on any atom is 0.416 e. The molecular weight excluding hydrogens is 397 g/mol. The van der Waals surface area contributed by atoms with Crippen LogP contribution in [0.1, 0.15) is 37.3 Å². The Hall–Kier alpha value is -1.80. The zero-order valence-corrected chi connectivity index (χ0v) is 15.9. The van der Waals surface area contributed by atoms with Gasteiger partial charge >= 0.3 is 6.18 Å². The normalized spacial score (nSPS) is 33.4. The van der Waals surface area contributed by atoms with Crippen LogP contribution in [0.3, 0.4) is 0 Å². The van der Waals surface area contributed by atoms with Crippen molar-refractivity contribution < 1.29 is 27.9 Å². The Kier molecular flexibility index (Phi) is 4.25. The summed E-state index contributed by atoms with van der Waals surface area (Å²) in [7, 11) is 0. The van der Waals surface area contributed by atoms with E-state index >= 15 is 0 Å². The molecule has 152 valence electrons. The summed E-state index contributed by atoms with van der Waals surface area (Å²) in [6.07, 6.45) is -3.11. The second-order valence-corrected chi connectivity index (χ2v) is 8.91. The average Bonchev–Trinajstić information content (AvgIpc) is 2.54. The number of benzene rings is 1. The molecule has 3 saturated carbocycles. The number of nitrogens with zero attached hydrogens (tertiary/aromatic N) is 2. The second kappa shape index (κ2) is 6.10. The number of amides is 2. The minimum absolute atomic E-state index is 0.0397. The molecule has 4 fully saturated rings. The fourth-order valence-corrected chi connectivity index (χ4v) is 5.08. The number of hydrogen-bond donors (Lipinski definition) is 1. The lowest BCUT2D eigenvalue weighted by Gasteiger charge is -2.71. The summed E-state index contributed by atoms with van der Waals surface area (Å²) in [5.74, 6) is -0.565. The summed E-state index contributed by atoms with van der Waals surface area (Å²) < 4.78 is 38.3. The molecule has 1 heterocycles. The summed E-state index contributed by atoms with van der Waals surface area (Å²) in [5.41, 5.74) is -2.13. The van der Waals surface area contributed by atoms with E-state index in [9.17, 15) is 27.9 Å². The van der Waals surface area contributed by atoms with E-state index in [1.54, 1.807) is 6.92 Å². The molecule has 2 bridgehead atoms. The highest BCUT2D eigenvalue weighted by atomic mass is 35.5. The number of piperazine rings is 1. The molecule has 0 radical (unpaired) electrons. The molecule has 1 aromatic carbocycles. The van der Waals surface area contributed by atoms with Gasteiger partial charge in [0, 0.05) is 12.0 Å². The minimum Gasteiger partial charge on any atom is -0.390 e. The highest BCUT2D eigenvalue weighted by Gasteiger charge is 2.73. The summed E-state index contributed by atoms with van der Waals surface area (Å²) in [6.45, 7) is 1.49. The first kappa shape index (κ1) is 19.5. The molecule has 3 aliphatic carbocycles. The number of carbonyl (C=O) groups excluding carboxylic acids is 2. The van der Waals surface area contributed by atoms with Gasteiger partial charge in [0.15, 0.2) is 0 Å². The molecule has 1 aromatic rings. The van der Waals surface area contributed by atoms with Crippen molar-refractivity contribution in [2.45, 2.75) is 56.1 Å². The van der Waals surface area contributed by atoms with E-state index in [2.05, 4.69) is 0 Å². The van der Waals surface area contributed by atoms with Crippen LogP contribution in [-0.2, 0) is 22.3 Å². The number of aliphatic hydroxyl groups is 1. The van der Waals surface area contributed by atoms with Crippen molar-refractivity contribution in [3.63, 3.8) is 0 Å². The van der Waals surface area contributed by atoms with Crippen LogP contribution in [0.15, 0.2) is 24.3 Å². The van der Waals surface area contributed by atoms with Crippen molar-refractivity contribution in [1.82, 2.24) is 9.80 Å². The molecule has 9 heteroatoms. The van der Waals surface area contributed by atoms with Gasteiger partial charge in [0.1, 0.15) is 18.1 Å². The van der Waals surface area contributed by atoms with Gasteiger partial charge in [-0.3, -0.25) is 9.59 Å². The van der Waals surface area contributed by atoms with E-state index in [1.165, 1.54) is 21.9 Å². The molecule has 2 amide bonds. The van der Waals surface area contributed by atoms with Crippen LogP contribution in [0.4, 0.5) is 13.2 Å². The highest BCUT2D eigenvalue weighted by Crippen LogP contribution is 2.70. The fourth-order valence-electron chi connectivity index (χ4n) is 4.92. The lowest BCUT2D eigenvalue weighted by Crippen LogP contribution is -2.78. The molecular formula is C19H20ClF3N2O3. The van der Waals surface area contributed by atoms with Crippen molar-refractivity contribution in [3.8, 4) is 0 Å². The van der Waals surface area contributed by atoms with Crippen molar-refractivity contribution in [1.29, 1.82) is 0 Å². The molecule has 4 aliphatic rings. The Bertz CT molecular complexity index is 805. The standard InChI is InChI=1S/C19H20ClF3N2O3/c1-11(20)24-7-14(26)25(6-12-2-4-13(5-3-12)19(21,22)23)15(16(24)27)17-8-18(28,9-17)10-17/h2-5,11,15,28H,6-10H2,1H3. The molecule has 1 saturated heterocycles. The Morgan fingerprint density at radius 1 is 1.21 bits per heavy atom. The SMILES string of the molecule is CC(Cl)N1CC(=O)N(Cc2ccc(C(F)(F)F)cc2)C(C23CC(O)(C2)C3)C1=O. The third kappa shape index (κ3) is 2.97. The number of hydrogen-bond acceptors (Lipinski definition) is 3. The van der Waals surface area contributed by atoms with Gasteiger partial charge in [0.2, 0.25) is 11.8 Å². The quantitative estimate of drug-likeness (QED) is 0.606. The topological polar surface area (TPSA) is 60.9 Å². The van der Waals surface area contributed by atoms with Gasteiger partial charge in [0.05, 0.1) is 11.2 Å². The molecule has 0 spiro atoms. The lowest BCUT2D eigenvalue weighted by molar-refractivity contribution is -0.283. The third-order valence-corrected chi connectivity index (χ3v) is 6.38. The summed E-state index contributed by atoms with van der Waals surface area (Å²) in [4.78, 5) is 28.7. The minimum atomic E-state index is -4.43. The first-order valence-corrected chi connectivity index (χ1v) is 9.50. The molecule has 0 aromatic heterocycles. The Balaban J connectivity index is 1.60. The number of carbonyl (C=O) groups is 2. The van der Waals surface area contributed by atoms with Crippen LogP contribution in [-0.4, -0.2) is 50.4 Å². The molecule has 2 atom stereocenters. The zero-order valence-electron chi connectivity index (χ0n) is 15.2. The molecule has 28 heavy (non-hydrogen) atoms. The monoisotopic (exact) mass is 416 g/mol. The maximum atomic E-state index is 13.1. The summed E-state index contributed by atoms with van der Waals surface area (Å²) >= 11 is 6.08. The van der Waals surface area contributed by atoms with E-state index in [1.807, 2.05) is 0 Å². The van der Waals surface area contributed by atoms with Gasteiger partial charge < -0.3 is 14.9 Å². The van der Waals surface area contributed by atoms with Crippen LogP contribution in [0.25, 0.3) is 0 Å². The van der Waals surface area contributed by atoms with E-state index in [0.29, 0.717) is 24.8 Å². The lowest BCUT2D eigenvalue weighted by atomic mass is 9.38. The Morgan fingerprint density at radius 3 is 2.25 bits per heavy atom. The summed E-state index contributed by atoms with van der Waals surface area (Å²) in [5, 5.41) is 10.1. The van der Waals surface area contributed by atoms with Gasteiger partial charge in [-0.05, 0) is 43.9 Å². The van der Waals surface area contributed by atoms with Crippen molar-refractivity contribution in [3.05, 3.63) is 35.4 Å². The zero-order chi connectivity index (χ0) is 20.5. The highest BCUT2D eigenvalue weighted by molar-refractivity contribution is 6.21. The maximum absolute atomic E-state index is 13.1. The Labute approximate surface area is 165 Å². The van der Waals surface area contributed by atoms with E-state index in [0.717, 1.165) is 12.1 Å². The smallest absolute Gasteiger partial charge is 0.390 e. The number of halogens is 4. The van der Waals surface area contributed by atoms with Gasteiger partial charge in [-0.25, -0.2) is 0 Å². The average molecular weight is 417 g/mol. The van der Waals surface area contributed by atoms with Gasteiger partial charge in [-0.1, -0.05) is 23.7 Å². The van der Waals surface area contributed by atoms with Crippen LogP contribution in [0, 0.1) is 5.41 Å². The largest absolute Gasteiger partial charge is 0.416 e. The van der Waals surface area contributed by atoms with Crippen molar-refractivity contribution >= 4 is 23.4 Å². The Morgan fingerprint density at radius 2 is 1.79 bits per heavy atom. The summed E-state index contributed by atoms with van der Waals surface area (Å²) in [6, 6.07) is 3.83. The fraction of sp³-hybridized carbons (Fsp3) is 0.579. The van der Waals surface area contributed by atoms with Crippen LogP contribution in [0.5, 0.6) is 0 Å². The molecule has 1 N–H and O–H groups in total. The number of alkyl halides is 4. The molecule has 5 nitrogen and oxygen atoms in total. The second-order valence-electron chi connectivity index (χ2n) is 8.28. The van der Waals surface area contributed by atoms with Crippen LogP contribution >= 0.6 is 11.6 Å². The van der Waals surface area contributed by atoms with Gasteiger partial charge in [0.25, 0.3) is 0 Å². The van der Waals surface area contributed by atoms with Crippen LogP contribution in [0.2, 0.25) is 0 Å². The number of rotatable bonds is 4. The molecule has 1 aliphatic heterocycles. The van der Waals surface area contributed by atoms with Crippen molar-refractivity contribution in [2.24, 2.45) is 5.41 Å². The predicted molar refractivity (Wildman–Crippen MR) is 94.0 cm³/mol.